The highest BCUT2D eigenvalue weighted by atomic mass is 79.9. The number of thiophene rings is 1. The van der Waals surface area contributed by atoms with Crippen LogP contribution in [0.3, 0.4) is 0 Å². The minimum Gasteiger partial charge on any atom is -0.310 e. The smallest absolute Gasteiger partial charge is 0.124 e. The van der Waals surface area contributed by atoms with Crippen molar-refractivity contribution in [2.45, 2.75) is 19.4 Å². The molecule has 0 bridgehead atoms. The van der Waals surface area contributed by atoms with Gasteiger partial charge in [-0.1, -0.05) is 24.6 Å². The van der Waals surface area contributed by atoms with Gasteiger partial charge in [-0.05, 0) is 57.5 Å². The Morgan fingerprint density at radius 3 is 2.79 bits per heavy atom. The second-order valence-electron chi connectivity index (χ2n) is 4.23. The van der Waals surface area contributed by atoms with Crippen molar-refractivity contribution < 1.29 is 4.39 Å². The summed E-state index contributed by atoms with van der Waals surface area (Å²) >= 11 is 11.3. The van der Waals surface area contributed by atoms with Crippen molar-refractivity contribution >= 4 is 38.9 Å². The van der Waals surface area contributed by atoms with Crippen LogP contribution in [0, 0.1) is 5.82 Å². The van der Waals surface area contributed by atoms with E-state index in [0.29, 0.717) is 5.02 Å². The molecule has 102 valence electrons. The Hall–Kier alpha value is -0.420. The van der Waals surface area contributed by atoms with Crippen molar-refractivity contribution in [2.75, 3.05) is 6.54 Å². The van der Waals surface area contributed by atoms with Crippen LogP contribution in [0.4, 0.5) is 4.39 Å². The lowest BCUT2D eigenvalue weighted by atomic mass is 10.0. The third-order valence-corrected chi connectivity index (χ3v) is 5.01. The predicted molar refractivity (Wildman–Crippen MR) is 83.6 cm³/mol. The average Bonchev–Trinajstić information content (AvgIpc) is 2.78. The first-order valence-corrected chi connectivity index (χ1v) is 8.12. The van der Waals surface area contributed by atoms with Gasteiger partial charge in [0.2, 0.25) is 0 Å². The lowest BCUT2D eigenvalue weighted by Crippen LogP contribution is -2.23. The van der Waals surface area contributed by atoms with Crippen molar-refractivity contribution in [3.8, 4) is 0 Å². The summed E-state index contributed by atoms with van der Waals surface area (Å²) in [4.78, 5) is 0. The van der Waals surface area contributed by atoms with Gasteiger partial charge in [0.1, 0.15) is 5.82 Å². The molecule has 1 atom stereocenters. The van der Waals surface area contributed by atoms with Crippen LogP contribution >= 0.6 is 38.9 Å². The van der Waals surface area contributed by atoms with E-state index in [2.05, 4.69) is 38.9 Å². The van der Waals surface area contributed by atoms with Gasteiger partial charge >= 0.3 is 0 Å². The Kier molecular flexibility index (Phi) is 5.39. The van der Waals surface area contributed by atoms with E-state index in [1.165, 1.54) is 17.7 Å². The molecule has 5 heteroatoms. The van der Waals surface area contributed by atoms with Gasteiger partial charge < -0.3 is 5.32 Å². The summed E-state index contributed by atoms with van der Waals surface area (Å²) in [5, 5.41) is 8.10. The lowest BCUT2D eigenvalue weighted by Gasteiger charge is -2.18. The maximum Gasteiger partial charge on any atom is 0.124 e. The standard InChI is InChI=1S/C14H14BrClFNS/c1-2-18-14(11-7-19-8-12(11)15)5-9-3-4-10(17)6-13(9)16/h3-4,6-8,14,18H,2,5H2,1H3. The molecule has 1 nitrogen and oxygen atoms in total. The van der Waals surface area contributed by atoms with E-state index in [1.807, 2.05) is 0 Å². The lowest BCUT2D eigenvalue weighted by molar-refractivity contribution is 0.548. The first-order valence-electron chi connectivity index (χ1n) is 6.00. The van der Waals surface area contributed by atoms with Crippen LogP contribution in [-0.4, -0.2) is 6.54 Å². The van der Waals surface area contributed by atoms with Gasteiger partial charge in [0.05, 0.1) is 0 Å². The molecule has 1 aromatic carbocycles. The van der Waals surface area contributed by atoms with Crippen LogP contribution < -0.4 is 5.32 Å². The van der Waals surface area contributed by atoms with Gasteiger partial charge in [-0.2, -0.15) is 11.3 Å². The predicted octanol–water partition coefficient (Wildman–Crippen LogP) is 5.20. The van der Waals surface area contributed by atoms with Crippen LogP contribution in [0.5, 0.6) is 0 Å². The number of hydrogen-bond acceptors (Lipinski definition) is 2. The maximum absolute atomic E-state index is 13.1. The van der Waals surface area contributed by atoms with Crippen LogP contribution in [0.25, 0.3) is 0 Å². The van der Waals surface area contributed by atoms with Gasteiger partial charge in [0, 0.05) is 20.9 Å². The van der Waals surface area contributed by atoms with E-state index >= 15 is 0 Å². The van der Waals surface area contributed by atoms with Crippen molar-refractivity contribution in [3.05, 3.63) is 55.4 Å². The third-order valence-electron chi connectivity index (χ3n) is 2.91. The maximum atomic E-state index is 13.1. The molecule has 0 amide bonds. The Bertz CT molecular complexity index is 558. The fourth-order valence-electron chi connectivity index (χ4n) is 1.99. The number of halogens is 3. The molecule has 0 saturated heterocycles. The van der Waals surface area contributed by atoms with Gasteiger partial charge in [-0.3, -0.25) is 0 Å². The summed E-state index contributed by atoms with van der Waals surface area (Å²) in [6, 6.07) is 4.74. The van der Waals surface area contributed by atoms with E-state index in [1.54, 1.807) is 17.4 Å². The van der Waals surface area contributed by atoms with Crippen LogP contribution in [0.1, 0.15) is 24.1 Å². The minimum atomic E-state index is -0.300. The molecule has 0 aliphatic heterocycles. The van der Waals surface area contributed by atoms with Gasteiger partial charge in [-0.25, -0.2) is 4.39 Å². The number of rotatable bonds is 5. The van der Waals surface area contributed by atoms with Gasteiger partial charge in [-0.15, -0.1) is 0 Å². The summed E-state index contributed by atoms with van der Waals surface area (Å²) in [7, 11) is 0. The second-order valence-corrected chi connectivity index (χ2v) is 6.23. The first-order chi connectivity index (χ1) is 9.11. The fraction of sp³-hybridized carbons (Fsp3) is 0.286. The molecule has 1 heterocycles. The Labute approximate surface area is 129 Å². The summed E-state index contributed by atoms with van der Waals surface area (Å²) in [6.45, 7) is 2.94. The van der Waals surface area contributed by atoms with Gasteiger partial charge in [0.15, 0.2) is 0 Å². The molecule has 0 saturated carbocycles. The molecule has 0 radical (unpaired) electrons. The van der Waals surface area contributed by atoms with Crippen LogP contribution in [-0.2, 0) is 6.42 Å². The molecule has 1 N–H and O–H groups in total. The Morgan fingerprint density at radius 2 is 2.21 bits per heavy atom. The number of likely N-dealkylation sites (N-methyl/N-ethyl adjacent to an activating group) is 1. The molecule has 1 unspecified atom stereocenters. The molecule has 1 aromatic heterocycles. The van der Waals surface area contributed by atoms with E-state index in [0.717, 1.165) is 23.0 Å². The average molecular weight is 363 g/mol. The topological polar surface area (TPSA) is 12.0 Å². The molecule has 0 aliphatic rings. The summed E-state index contributed by atoms with van der Waals surface area (Å²) in [5.41, 5.74) is 2.17. The highest BCUT2D eigenvalue weighted by molar-refractivity contribution is 9.10. The van der Waals surface area contributed by atoms with Crippen molar-refractivity contribution in [2.24, 2.45) is 0 Å². The number of nitrogens with one attached hydrogen (secondary N) is 1. The largest absolute Gasteiger partial charge is 0.310 e. The Balaban J connectivity index is 2.24. The third kappa shape index (κ3) is 3.78. The zero-order valence-electron chi connectivity index (χ0n) is 10.4. The van der Waals surface area contributed by atoms with Crippen molar-refractivity contribution in [3.63, 3.8) is 0 Å². The Morgan fingerprint density at radius 1 is 1.42 bits per heavy atom. The summed E-state index contributed by atoms with van der Waals surface area (Å²) < 4.78 is 14.2. The zero-order chi connectivity index (χ0) is 13.8. The molecule has 2 aromatic rings. The SMILES string of the molecule is CCNC(Cc1ccc(F)cc1Cl)c1cscc1Br. The normalized spacial score (nSPS) is 12.6. The monoisotopic (exact) mass is 361 g/mol. The van der Waals surface area contributed by atoms with Crippen LogP contribution in [0.15, 0.2) is 33.4 Å². The van der Waals surface area contributed by atoms with Crippen LogP contribution in [0.2, 0.25) is 5.02 Å². The first kappa shape index (κ1) is 15.0. The number of benzene rings is 1. The molecule has 2 rings (SSSR count). The highest BCUT2D eigenvalue weighted by Gasteiger charge is 2.16. The summed E-state index contributed by atoms with van der Waals surface area (Å²) in [6.07, 6.45) is 0.738. The quantitative estimate of drug-likeness (QED) is 0.771. The van der Waals surface area contributed by atoms with Gasteiger partial charge in [0.25, 0.3) is 0 Å². The fourth-order valence-corrected chi connectivity index (χ4v) is 3.86. The molecular weight excluding hydrogens is 349 g/mol. The van der Waals surface area contributed by atoms with Crippen molar-refractivity contribution in [1.29, 1.82) is 0 Å². The number of hydrogen-bond donors (Lipinski definition) is 1. The minimum absolute atomic E-state index is 0.175. The molecular formula is C14H14BrClFNS. The zero-order valence-corrected chi connectivity index (χ0v) is 13.6. The molecule has 0 aliphatic carbocycles. The van der Waals surface area contributed by atoms with E-state index in [-0.39, 0.29) is 11.9 Å². The second kappa shape index (κ2) is 6.84. The van der Waals surface area contributed by atoms with Crippen molar-refractivity contribution in [1.82, 2.24) is 5.32 Å². The highest BCUT2D eigenvalue weighted by Crippen LogP contribution is 2.31. The molecule has 0 spiro atoms. The molecule has 19 heavy (non-hydrogen) atoms. The van der Waals surface area contributed by atoms with E-state index in [9.17, 15) is 4.39 Å². The summed E-state index contributed by atoms with van der Waals surface area (Å²) in [5.74, 6) is -0.300. The van der Waals surface area contributed by atoms with E-state index < -0.39 is 0 Å². The van der Waals surface area contributed by atoms with E-state index in [4.69, 9.17) is 11.6 Å². The molecule has 0 fully saturated rings.